The van der Waals surface area contributed by atoms with Crippen molar-refractivity contribution in [3.63, 3.8) is 0 Å². The molecule has 106 valence electrons. The SMILES string of the molecule is C=CC.CCCCCNOB(O)Oc1ccccc1. The van der Waals surface area contributed by atoms with Gasteiger partial charge in [0.15, 0.2) is 0 Å². The second kappa shape index (κ2) is 13.1. The van der Waals surface area contributed by atoms with Crippen LogP contribution in [0.3, 0.4) is 0 Å². The number of unbranched alkanes of at least 4 members (excludes halogenated alkanes) is 2. The quantitative estimate of drug-likeness (QED) is 0.328. The largest absolute Gasteiger partial charge is 0.727 e. The van der Waals surface area contributed by atoms with Crippen LogP contribution in [0, 0.1) is 0 Å². The van der Waals surface area contributed by atoms with Crippen molar-refractivity contribution in [2.45, 2.75) is 33.1 Å². The maximum Gasteiger partial charge on any atom is 0.727 e. The first kappa shape index (κ1) is 17.7. The molecule has 0 radical (unpaired) electrons. The predicted octanol–water partition coefficient (Wildman–Crippen LogP) is 2.95. The fraction of sp³-hybridized carbons (Fsp3) is 0.429. The van der Waals surface area contributed by atoms with Crippen molar-refractivity contribution in [1.29, 1.82) is 0 Å². The van der Waals surface area contributed by atoms with Crippen LogP contribution in [0.4, 0.5) is 0 Å². The smallest absolute Gasteiger partial charge is 0.511 e. The molecule has 0 saturated carbocycles. The Bertz CT molecular complexity index is 309. The summed E-state index contributed by atoms with van der Waals surface area (Å²) in [5.41, 5.74) is 2.67. The number of allylic oxidation sites excluding steroid dienone is 1. The third-order valence-corrected chi connectivity index (χ3v) is 2.05. The van der Waals surface area contributed by atoms with Crippen LogP contribution in [0.15, 0.2) is 43.0 Å². The summed E-state index contributed by atoms with van der Waals surface area (Å²) in [6.07, 6.45) is 5.07. The average molecular weight is 265 g/mol. The summed E-state index contributed by atoms with van der Waals surface area (Å²) in [4.78, 5) is 0. The van der Waals surface area contributed by atoms with Crippen LogP contribution in [0.25, 0.3) is 0 Å². The molecule has 0 saturated heterocycles. The van der Waals surface area contributed by atoms with Crippen molar-refractivity contribution in [3.8, 4) is 5.75 Å². The lowest BCUT2D eigenvalue weighted by Gasteiger charge is -2.10. The van der Waals surface area contributed by atoms with Gasteiger partial charge in [-0.05, 0) is 25.5 Å². The molecule has 0 aromatic heterocycles. The number of benzene rings is 1. The van der Waals surface area contributed by atoms with Gasteiger partial charge in [0.25, 0.3) is 0 Å². The van der Waals surface area contributed by atoms with E-state index in [4.69, 9.17) is 9.41 Å². The number of nitrogens with one attached hydrogen (secondary N) is 1. The van der Waals surface area contributed by atoms with Gasteiger partial charge in [0.1, 0.15) is 5.75 Å². The van der Waals surface area contributed by atoms with Gasteiger partial charge in [0.05, 0.1) is 0 Å². The first-order chi connectivity index (χ1) is 9.24. The van der Waals surface area contributed by atoms with Crippen LogP contribution in [0.2, 0.25) is 0 Å². The summed E-state index contributed by atoms with van der Waals surface area (Å²) in [5, 5.41) is 9.35. The van der Waals surface area contributed by atoms with Crippen molar-refractivity contribution < 1.29 is 14.4 Å². The lowest BCUT2D eigenvalue weighted by Crippen LogP contribution is -2.33. The molecule has 1 aromatic carbocycles. The number of hydrogen-bond acceptors (Lipinski definition) is 4. The highest BCUT2D eigenvalue weighted by atomic mass is 16.8. The Morgan fingerprint density at radius 3 is 2.53 bits per heavy atom. The molecule has 0 spiro atoms. The third-order valence-electron chi connectivity index (χ3n) is 2.05. The molecule has 1 rings (SSSR count). The Morgan fingerprint density at radius 1 is 1.32 bits per heavy atom. The van der Waals surface area contributed by atoms with Gasteiger partial charge in [-0.1, -0.05) is 44.0 Å². The molecule has 0 atom stereocenters. The van der Waals surface area contributed by atoms with Crippen molar-refractivity contribution in [1.82, 2.24) is 5.48 Å². The van der Waals surface area contributed by atoms with Gasteiger partial charge in [-0.3, -0.25) is 4.76 Å². The van der Waals surface area contributed by atoms with Crippen LogP contribution in [-0.4, -0.2) is 18.9 Å². The fourth-order valence-corrected chi connectivity index (χ4v) is 1.22. The molecule has 19 heavy (non-hydrogen) atoms. The molecule has 4 nitrogen and oxygen atoms in total. The molecule has 0 unspecified atom stereocenters. The van der Waals surface area contributed by atoms with Crippen LogP contribution in [-0.2, 0) is 4.76 Å². The normalized spacial score (nSPS) is 9.21. The Hall–Kier alpha value is -1.30. The van der Waals surface area contributed by atoms with Gasteiger partial charge in [0, 0.05) is 6.54 Å². The first-order valence-corrected chi connectivity index (χ1v) is 6.59. The van der Waals surface area contributed by atoms with Gasteiger partial charge < -0.3 is 9.68 Å². The number of para-hydroxylation sites is 1. The van der Waals surface area contributed by atoms with Crippen molar-refractivity contribution in [2.24, 2.45) is 0 Å². The van der Waals surface area contributed by atoms with E-state index in [1.165, 1.54) is 0 Å². The first-order valence-electron chi connectivity index (χ1n) is 6.59. The maximum absolute atomic E-state index is 9.35. The summed E-state index contributed by atoms with van der Waals surface area (Å²) < 4.78 is 9.97. The molecule has 2 N–H and O–H groups in total. The molecular weight excluding hydrogens is 241 g/mol. The minimum atomic E-state index is -1.27. The van der Waals surface area contributed by atoms with Crippen molar-refractivity contribution in [3.05, 3.63) is 43.0 Å². The van der Waals surface area contributed by atoms with Gasteiger partial charge >= 0.3 is 7.32 Å². The Balaban J connectivity index is 0.000000982. The summed E-state index contributed by atoms with van der Waals surface area (Å²) in [7, 11) is -1.27. The molecule has 0 heterocycles. The molecular formula is C14H24BNO3. The zero-order chi connectivity index (χ0) is 14.3. The Labute approximate surface area is 116 Å². The van der Waals surface area contributed by atoms with Gasteiger partial charge in [0.2, 0.25) is 0 Å². The molecule has 5 heteroatoms. The van der Waals surface area contributed by atoms with E-state index in [1.807, 2.05) is 25.1 Å². The van der Waals surface area contributed by atoms with Crippen molar-refractivity contribution in [2.75, 3.05) is 6.54 Å². The van der Waals surface area contributed by atoms with Crippen LogP contribution >= 0.6 is 0 Å². The van der Waals surface area contributed by atoms with E-state index in [0.717, 1.165) is 19.3 Å². The van der Waals surface area contributed by atoms with E-state index in [1.54, 1.807) is 18.2 Å². The lowest BCUT2D eigenvalue weighted by molar-refractivity contribution is 0.114. The highest BCUT2D eigenvalue weighted by Gasteiger charge is 2.18. The fourth-order valence-electron chi connectivity index (χ4n) is 1.22. The topological polar surface area (TPSA) is 50.7 Å². The van der Waals surface area contributed by atoms with E-state index in [9.17, 15) is 5.02 Å². The van der Waals surface area contributed by atoms with Gasteiger partial charge in [-0.25, -0.2) is 5.48 Å². The second-order valence-corrected chi connectivity index (χ2v) is 3.87. The molecule has 0 fully saturated rings. The van der Waals surface area contributed by atoms with Crippen LogP contribution in [0.1, 0.15) is 33.1 Å². The van der Waals surface area contributed by atoms with E-state index in [-0.39, 0.29) is 0 Å². The number of hydrogen-bond donors (Lipinski definition) is 2. The summed E-state index contributed by atoms with van der Waals surface area (Å²) in [5.74, 6) is 0.574. The van der Waals surface area contributed by atoms with Crippen LogP contribution in [0.5, 0.6) is 5.75 Å². The molecule has 0 aliphatic carbocycles. The lowest BCUT2D eigenvalue weighted by atomic mass is 10.2. The second-order valence-electron chi connectivity index (χ2n) is 3.87. The van der Waals surface area contributed by atoms with E-state index in [0.29, 0.717) is 12.3 Å². The molecule has 0 bridgehead atoms. The zero-order valence-corrected chi connectivity index (χ0v) is 11.8. The molecule has 0 aliphatic rings. The minimum absolute atomic E-state index is 0.574. The third kappa shape index (κ3) is 11.5. The van der Waals surface area contributed by atoms with Crippen LogP contribution < -0.4 is 10.1 Å². The van der Waals surface area contributed by atoms with E-state index >= 15 is 0 Å². The van der Waals surface area contributed by atoms with E-state index < -0.39 is 7.32 Å². The molecule has 0 aliphatic heterocycles. The molecule has 0 amide bonds. The predicted molar refractivity (Wildman–Crippen MR) is 79.5 cm³/mol. The van der Waals surface area contributed by atoms with Gasteiger partial charge in [-0.2, -0.15) is 0 Å². The Kier molecular flexibility index (Phi) is 12.2. The Morgan fingerprint density at radius 2 is 1.95 bits per heavy atom. The average Bonchev–Trinajstić information content (AvgIpc) is 2.40. The number of rotatable bonds is 8. The number of hydroxylamine groups is 1. The highest BCUT2D eigenvalue weighted by molar-refractivity contribution is 6.35. The monoisotopic (exact) mass is 265 g/mol. The molecule has 1 aromatic rings. The minimum Gasteiger partial charge on any atom is -0.511 e. The standard InChI is InChI=1S/C11H18BNO3.C3H6/c1-2-3-7-10-13-16-12(14)15-11-8-5-4-6-9-11;1-3-2/h4-6,8-9,13-14H,2-3,7,10H2,1H3;3H,1H2,2H3. The highest BCUT2D eigenvalue weighted by Crippen LogP contribution is 2.08. The summed E-state index contributed by atoms with van der Waals surface area (Å²) in [6.45, 7) is 8.09. The van der Waals surface area contributed by atoms with Crippen molar-refractivity contribution >= 4 is 7.32 Å². The van der Waals surface area contributed by atoms with E-state index in [2.05, 4.69) is 19.0 Å². The maximum atomic E-state index is 9.35. The summed E-state index contributed by atoms with van der Waals surface area (Å²) in [6, 6.07) is 9.05. The zero-order valence-electron chi connectivity index (χ0n) is 11.8. The van der Waals surface area contributed by atoms with Gasteiger partial charge in [-0.15, -0.1) is 6.58 Å². The summed E-state index contributed by atoms with van der Waals surface area (Å²) >= 11 is 0.